The molecule has 3 aromatic rings. The van der Waals surface area contributed by atoms with E-state index < -0.39 is 28.7 Å². The van der Waals surface area contributed by atoms with E-state index in [-0.39, 0.29) is 41.5 Å². The summed E-state index contributed by atoms with van der Waals surface area (Å²) in [6.45, 7) is 1.79. The number of nitrogens with one attached hydrogen (secondary N) is 1. The third-order valence-corrected chi connectivity index (χ3v) is 9.11. The van der Waals surface area contributed by atoms with Crippen LogP contribution in [0.1, 0.15) is 66.1 Å². The van der Waals surface area contributed by atoms with Crippen LogP contribution in [0.4, 0.5) is 8.78 Å². The molecule has 2 atom stereocenters. The summed E-state index contributed by atoms with van der Waals surface area (Å²) >= 11 is 7.64. The number of carbonyl (C=O) groups is 2. The van der Waals surface area contributed by atoms with Crippen LogP contribution in [-0.2, 0) is 31.9 Å². The third kappa shape index (κ3) is 5.11. The Balaban J connectivity index is 1.38. The summed E-state index contributed by atoms with van der Waals surface area (Å²) in [5.74, 6) is -1.83. The molecule has 1 saturated carbocycles. The van der Waals surface area contributed by atoms with Crippen molar-refractivity contribution < 1.29 is 32.3 Å². The second-order valence-corrected chi connectivity index (χ2v) is 11.7. The van der Waals surface area contributed by atoms with Crippen molar-refractivity contribution in [1.82, 2.24) is 15.3 Å². The fourth-order valence-corrected chi connectivity index (χ4v) is 6.59. The van der Waals surface area contributed by atoms with E-state index in [9.17, 15) is 18.4 Å². The van der Waals surface area contributed by atoms with Gasteiger partial charge in [-0.25, -0.2) is 23.5 Å². The monoisotopic (exact) mass is 616 g/mol. The summed E-state index contributed by atoms with van der Waals surface area (Å²) in [5, 5.41) is 5.21. The van der Waals surface area contributed by atoms with Crippen molar-refractivity contribution in [2.75, 3.05) is 13.7 Å². The Morgan fingerprint density at radius 3 is 2.76 bits per heavy atom. The number of rotatable bonds is 7. The Kier molecular flexibility index (Phi) is 7.84. The number of methoxy groups -OCH3 is 1. The number of nitrogens with zero attached hydrogens (tertiary/aromatic N) is 3. The van der Waals surface area contributed by atoms with Gasteiger partial charge in [-0.1, -0.05) is 17.7 Å². The molecule has 6 rings (SSSR count). The molecule has 2 aromatic heterocycles. The molecule has 1 fully saturated rings. The molecule has 220 valence electrons. The Morgan fingerprint density at radius 2 is 2.05 bits per heavy atom. The largest absolute Gasteiger partial charge is 0.469 e. The number of allylic oxidation sites excluding steroid dienone is 1. The van der Waals surface area contributed by atoms with Gasteiger partial charge in [-0.05, 0) is 38.7 Å². The highest BCUT2D eigenvalue weighted by Crippen LogP contribution is 2.45. The molecule has 0 spiro atoms. The smallest absolute Gasteiger partial charge is 0.338 e. The van der Waals surface area contributed by atoms with Crippen LogP contribution in [0.2, 0.25) is 5.02 Å². The standard InChI is InChI=1S/C29H27ClF2N4O5S/c1-3-40-29(38)20-23(13-4-7-18-19(12-13)41-26(34-18)14-10-15(11-14)28(37)39-2)35-25(27-33-8-9-42-27)36-24(20)16-5-6-17(31)22(32)21(16)30/h5-6,8-9,13-15,24H,3-4,7,10-12H2,1-2H3,(H,35,36)/t13?,14-,15-,24?. The third-order valence-electron chi connectivity index (χ3n) is 7.95. The quantitative estimate of drug-likeness (QED) is 0.276. The summed E-state index contributed by atoms with van der Waals surface area (Å²) < 4.78 is 45.2. The molecule has 42 heavy (non-hydrogen) atoms. The molecule has 1 aromatic carbocycles. The van der Waals surface area contributed by atoms with Crippen LogP contribution in [0.25, 0.3) is 0 Å². The minimum Gasteiger partial charge on any atom is -0.469 e. The molecular formula is C29H27ClF2N4O5S. The van der Waals surface area contributed by atoms with Gasteiger partial charge in [-0.2, -0.15) is 0 Å². The van der Waals surface area contributed by atoms with E-state index in [1.807, 2.05) is 0 Å². The topological polar surface area (TPSA) is 116 Å². The van der Waals surface area contributed by atoms with Gasteiger partial charge in [0.05, 0.1) is 35.9 Å². The van der Waals surface area contributed by atoms with Crippen molar-refractivity contribution in [3.05, 3.63) is 79.6 Å². The zero-order valence-corrected chi connectivity index (χ0v) is 24.4. The molecule has 2 aliphatic carbocycles. The maximum Gasteiger partial charge on any atom is 0.338 e. The lowest BCUT2D eigenvalue weighted by Gasteiger charge is -2.32. The first kappa shape index (κ1) is 28.5. The van der Waals surface area contributed by atoms with Crippen LogP contribution in [0, 0.1) is 23.5 Å². The Hall–Kier alpha value is -3.64. The molecule has 3 heterocycles. The molecule has 0 bridgehead atoms. The lowest BCUT2D eigenvalue weighted by molar-refractivity contribution is -0.149. The molecule has 1 N–H and O–H groups in total. The van der Waals surface area contributed by atoms with E-state index in [1.165, 1.54) is 24.5 Å². The van der Waals surface area contributed by atoms with Gasteiger partial charge in [0.1, 0.15) is 11.8 Å². The van der Waals surface area contributed by atoms with Crippen LogP contribution in [0.15, 0.2) is 44.4 Å². The molecular weight excluding hydrogens is 590 g/mol. The van der Waals surface area contributed by atoms with E-state index in [2.05, 4.69) is 10.3 Å². The highest BCUT2D eigenvalue weighted by atomic mass is 35.5. The number of hydrogen-bond donors (Lipinski definition) is 1. The molecule has 9 nitrogen and oxygen atoms in total. The predicted octanol–water partition coefficient (Wildman–Crippen LogP) is 5.44. The normalized spacial score (nSPS) is 23.4. The average Bonchev–Trinajstić information content (AvgIpc) is 3.65. The van der Waals surface area contributed by atoms with Crippen LogP contribution in [0.5, 0.6) is 0 Å². The maximum absolute atomic E-state index is 14.6. The highest BCUT2D eigenvalue weighted by molar-refractivity contribution is 7.11. The van der Waals surface area contributed by atoms with Crippen molar-refractivity contribution in [3.63, 3.8) is 0 Å². The number of aliphatic imine (C=N–C) groups is 1. The predicted molar refractivity (Wildman–Crippen MR) is 149 cm³/mol. The SMILES string of the molecule is CCOC(=O)C1=C(C2CCc3nc([C@H]4C[C@H](C(=O)OC)C4)oc3C2)NC(c2nccs2)=NC1c1ccc(F)c(F)c1Cl. The minimum atomic E-state index is -1.22. The van der Waals surface area contributed by atoms with Gasteiger partial charge in [0.2, 0.25) is 0 Å². The van der Waals surface area contributed by atoms with Crippen molar-refractivity contribution in [3.8, 4) is 0 Å². The number of benzene rings is 1. The minimum absolute atomic E-state index is 0.0452. The number of aryl methyl sites for hydroxylation is 1. The summed E-state index contributed by atoms with van der Waals surface area (Å²) in [6.07, 6.45) is 4.53. The number of amidine groups is 1. The zero-order valence-electron chi connectivity index (χ0n) is 22.8. The summed E-state index contributed by atoms with van der Waals surface area (Å²) in [7, 11) is 1.38. The summed E-state index contributed by atoms with van der Waals surface area (Å²) in [5.41, 5.74) is 1.69. The number of thiazole rings is 1. The van der Waals surface area contributed by atoms with Gasteiger partial charge in [-0.3, -0.25) is 9.79 Å². The number of carbonyl (C=O) groups excluding carboxylic acids is 2. The molecule has 13 heteroatoms. The number of ether oxygens (including phenoxy) is 2. The number of oxazole rings is 1. The van der Waals surface area contributed by atoms with Gasteiger partial charge in [0.25, 0.3) is 0 Å². The first-order valence-electron chi connectivity index (χ1n) is 13.6. The van der Waals surface area contributed by atoms with Crippen molar-refractivity contribution in [2.24, 2.45) is 16.8 Å². The van der Waals surface area contributed by atoms with Crippen molar-refractivity contribution in [1.29, 1.82) is 0 Å². The van der Waals surface area contributed by atoms with Gasteiger partial charge >= 0.3 is 11.9 Å². The number of aromatic nitrogens is 2. The fraction of sp³-hybridized carbons (Fsp3) is 0.414. The lowest BCUT2D eigenvalue weighted by atomic mass is 9.75. The van der Waals surface area contributed by atoms with E-state index >= 15 is 0 Å². The number of halogens is 3. The Labute approximate surface area is 249 Å². The molecule has 0 saturated heterocycles. The highest BCUT2D eigenvalue weighted by Gasteiger charge is 2.42. The van der Waals surface area contributed by atoms with Gasteiger partial charge in [-0.15, -0.1) is 11.3 Å². The second-order valence-electron chi connectivity index (χ2n) is 10.4. The van der Waals surface area contributed by atoms with Gasteiger partial charge in [0.15, 0.2) is 28.4 Å². The average molecular weight is 617 g/mol. The molecule has 0 amide bonds. The van der Waals surface area contributed by atoms with Crippen LogP contribution in [-0.4, -0.2) is 41.5 Å². The molecule has 2 unspecified atom stereocenters. The van der Waals surface area contributed by atoms with Crippen molar-refractivity contribution in [2.45, 2.75) is 51.0 Å². The van der Waals surface area contributed by atoms with Crippen molar-refractivity contribution >= 4 is 40.7 Å². The van der Waals surface area contributed by atoms with Crippen LogP contribution < -0.4 is 5.32 Å². The second kappa shape index (κ2) is 11.6. The van der Waals surface area contributed by atoms with Crippen LogP contribution in [0.3, 0.4) is 0 Å². The zero-order chi connectivity index (χ0) is 29.5. The summed E-state index contributed by atoms with van der Waals surface area (Å²) in [4.78, 5) is 39.1. The molecule has 1 aliphatic heterocycles. The Morgan fingerprint density at radius 1 is 1.24 bits per heavy atom. The van der Waals surface area contributed by atoms with E-state index in [0.29, 0.717) is 60.3 Å². The fourth-order valence-electron chi connectivity index (χ4n) is 5.74. The maximum atomic E-state index is 14.6. The Bertz CT molecular complexity index is 1600. The molecule has 3 aliphatic rings. The van der Waals surface area contributed by atoms with Gasteiger partial charge in [0, 0.05) is 41.1 Å². The van der Waals surface area contributed by atoms with Crippen LogP contribution >= 0.6 is 22.9 Å². The number of hydrogen-bond acceptors (Lipinski definition) is 10. The summed E-state index contributed by atoms with van der Waals surface area (Å²) in [6, 6.07) is 1.23. The number of esters is 2. The first-order valence-corrected chi connectivity index (χ1v) is 14.9. The van der Waals surface area contributed by atoms with E-state index in [1.54, 1.807) is 18.5 Å². The first-order chi connectivity index (χ1) is 20.3. The van der Waals surface area contributed by atoms with E-state index in [4.69, 9.17) is 35.5 Å². The van der Waals surface area contributed by atoms with Gasteiger partial charge < -0.3 is 19.2 Å². The van der Waals surface area contributed by atoms with E-state index in [0.717, 1.165) is 11.8 Å². The molecule has 0 radical (unpaired) electrons. The lowest BCUT2D eigenvalue weighted by Crippen LogP contribution is -2.38. The number of fused-ring (bicyclic) bond motifs is 1.